The van der Waals surface area contributed by atoms with Gasteiger partial charge in [0, 0.05) is 38.4 Å². The molecule has 2 fully saturated rings. The lowest BCUT2D eigenvalue weighted by Gasteiger charge is -2.38. The maximum absolute atomic E-state index is 12.9. The molecule has 0 radical (unpaired) electrons. The van der Waals surface area contributed by atoms with Gasteiger partial charge in [0.05, 0.1) is 7.11 Å². The first-order valence-electron chi connectivity index (χ1n) is 8.97. The molecule has 2 amide bonds. The Labute approximate surface area is 149 Å². The Morgan fingerprint density at radius 1 is 1.08 bits per heavy atom. The fourth-order valence-corrected chi connectivity index (χ4v) is 3.82. The summed E-state index contributed by atoms with van der Waals surface area (Å²) in [5.74, 6) is 0.0588. The van der Waals surface area contributed by atoms with Gasteiger partial charge in [-0.3, -0.25) is 9.69 Å². The highest BCUT2D eigenvalue weighted by atomic mass is 16.5. The molecule has 25 heavy (non-hydrogen) atoms. The van der Waals surface area contributed by atoms with Crippen molar-refractivity contribution in [2.75, 3.05) is 44.7 Å². The van der Waals surface area contributed by atoms with E-state index in [1.807, 2.05) is 4.90 Å². The number of rotatable bonds is 2. The Morgan fingerprint density at radius 2 is 1.80 bits per heavy atom. The zero-order valence-corrected chi connectivity index (χ0v) is 15.3. The van der Waals surface area contributed by atoms with E-state index < -0.39 is 6.09 Å². The van der Waals surface area contributed by atoms with Gasteiger partial charge in [0.15, 0.2) is 0 Å². The number of carbonyl (C=O) groups is 2. The molecule has 0 aliphatic carbocycles. The third-order valence-corrected chi connectivity index (χ3v) is 5.46. The number of ether oxygens (including phenoxy) is 1. The Bertz CT molecular complexity index is 653. The van der Waals surface area contributed by atoms with Crippen LogP contribution in [0.25, 0.3) is 0 Å². The van der Waals surface area contributed by atoms with Gasteiger partial charge >= 0.3 is 6.09 Å². The van der Waals surface area contributed by atoms with Crippen LogP contribution in [0.15, 0.2) is 18.2 Å². The number of aryl methyl sites for hydroxylation is 1. The van der Waals surface area contributed by atoms with E-state index in [1.165, 1.54) is 23.9 Å². The van der Waals surface area contributed by atoms with Crippen LogP contribution in [0.2, 0.25) is 0 Å². The highest BCUT2D eigenvalue weighted by Gasteiger charge is 2.38. The molecular formula is C19H27N3O3. The van der Waals surface area contributed by atoms with Crippen LogP contribution in [0, 0.1) is 13.8 Å². The van der Waals surface area contributed by atoms with Crippen LogP contribution < -0.4 is 4.90 Å². The summed E-state index contributed by atoms with van der Waals surface area (Å²) in [6.07, 6.45) is 1.18. The first kappa shape index (κ1) is 17.6. The van der Waals surface area contributed by atoms with Gasteiger partial charge < -0.3 is 14.5 Å². The molecule has 1 unspecified atom stereocenters. The Kier molecular flexibility index (Phi) is 5.16. The molecule has 0 bridgehead atoms. The zero-order valence-electron chi connectivity index (χ0n) is 15.3. The van der Waals surface area contributed by atoms with E-state index in [0.29, 0.717) is 19.6 Å². The second-order valence-electron chi connectivity index (χ2n) is 6.85. The molecule has 6 nitrogen and oxygen atoms in total. The fourth-order valence-electron chi connectivity index (χ4n) is 3.82. The molecular weight excluding hydrogens is 318 g/mol. The van der Waals surface area contributed by atoms with Gasteiger partial charge in [0.2, 0.25) is 5.91 Å². The number of amides is 2. The number of hydrogen-bond donors (Lipinski definition) is 0. The van der Waals surface area contributed by atoms with Gasteiger partial charge in [-0.05, 0) is 43.9 Å². The van der Waals surface area contributed by atoms with E-state index in [2.05, 4.69) is 36.9 Å². The highest BCUT2D eigenvalue weighted by Crippen LogP contribution is 2.25. The van der Waals surface area contributed by atoms with Crippen molar-refractivity contribution in [1.82, 2.24) is 9.80 Å². The quantitative estimate of drug-likeness (QED) is 0.824. The summed E-state index contributed by atoms with van der Waals surface area (Å²) in [7, 11) is 1.37. The lowest BCUT2D eigenvalue weighted by molar-refractivity contribution is -0.135. The highest BCUT2D eigenvalue weighted by molar-refractivity contribution is 5.86. The van der Waals surface area contributed by atoms with Crippen LogP contribution in [0.4, 0.5) is 10.5 Å². The predicted molar refractivity (Wildman–Crippen MR) is 96.8 cm³/mol. The third-order valence-electron chi connectivity index (χ3n) is 5.46. The van der Waals surface area contributed by atoms with Crippen molar-refractivity contribution >= 4 is 17.7 Å². The van der Waals surface area contributed by atoms with Gasteiger partial charge in [-0.2, -0.15) is 0 Å². The molecule has 1 aromatic rings. The van der Waals surface area contributed by atoms with Gasteiger partial charge in [-0.15, -0.1) is 0 Å². The largest absolute Gasteiger partial charge is 0.453 e. The topological polar surface area (TPSA) is 53.1 Å². The van der Waals surface area contributed by atoms with Crippen molar-refractivity contribution in [3.8, 4) is 0 Å². The average Bonchev–Trinajstić information content (AvgIpc) is 3.12. The monoisotopic (exact) mass is 345 g/mol. The second kappa shape index (κ2) is 7.33. The molecule has 2 aliphatic heterocycles. The SMILES string of the molecule is COC(=O)N1CCCC1C(=O)N1CCN(c2cccc(C)c2C)CC1. The summed E-state index contributed by atoms with van der Waals surface area (Å²) in [5, 5.41) is 0. The molecule has 6 heteroatoms. The van der Waals surface area contributed by atoms with E-state index in [-0.39, 0.29) is 11.9 Å². The summed E-state index contributed by atoms with van der Waals surface area (Å²) in [4.78, 5) is 30.5. The minimum absolute atomic E-state index is 0.0588. The van der Waals surface area contributed by atoms with Crippen molar-refractivity contribution < 1.29 is 14.3 Å². The van der Waals surface area contributed by atoms with E-state index >= 15 is 0 Å². The van der Waals surface area contributed by atoms with Crippen LogP contribution in [0.1, 0.15) is 24.0 Å². The first-order chi connectivity index (χ1) is 12.0. The number of piperazine rings is 1. The Hall–Kier alpha value is -2.24. The summed E-state index contributed by atoms with van der Waals surface area (Å²) < 4.78 is 4.81. The normalized spacial score (nSPS) is 20.8. The summed E-state index contributed by atoms with van der Waals surface area (Å²) in [6, 6.07) is 6.00. The Morgan fingerprint density at radius 3 is 2.48 bits per heavy atom. The second-order valence-corrected chi connectivity index (χ2v) is 6.85. The summed E-state index contributed by atoms with van der Waals surface area (Å²) >= 11 is 0. The molecule has 0 N–H and O–H groups in total. The molecule has 0 aromatic heterocycles. The van der Waals surface area contributed by atoms with E-state index in [4.69, 9.17) is 4.74 Å². The predicted octanol–water partition coefficient (Wildman–Crippen LogP) is 2.18. The maximum Gasteiger partial charge on any atom is 0.410 e. The molecule has 2 heterocycles. The lowest BCUT2D eigenvalue weighted by atomic mass is 10.1. The standard InChI is InChI=1S/C19H27N3O3/c1-14-6-4-7-16(15(14)2)20-10-12-21(13-11-20)18(23)17-8-5-9-22(17)19(24)25-3/h4,6-7,17H,5,8-13H2,1-3H3. The average molecular weight is 345 g/mol. The smallest absolute Gasteiger partial charge is 0.410 e. The Balaban J connectivity index is 1.63. The van der Waals surface area contributed by atoms with Crippen molar-refractivity contribution in [3.05, 3.63) is 29.3 Å². The minimum atomic E-state index is -0.398. The molecule has 2 aliphatic rings. The lowest BCUT2D eigenvalue weighted by Crippen LogP contribution is -2.54. The fraction of sp³-hybridized carbons (Fsp3) is 0.579. The number of anilines is 1. The van der Waals surface area contributed by atoms with Crippen molar-refractivity contribution in [1.29, 1.82) is 0 Å². The number of carbonyl (C=O) groups excluding carboxylic acids is 2. The number of benzene rings is 1. The number of hydrogen-bond acceptors (Lipinski definition) is 4. The summed E-state index contributed by atoms with van der Waals surface area (Å²) in [5.41, 5.74) is 3.84. The molecule has 3 rings (SSSR count). The van der Waals surface area contributed by atoms with Gasteiger partial charge in [-0.25, -0.2) is 4.79 Å². The minimum Gasteiger partial charge on any atom is -0.453 e. The van der Waals surface area contributed by atoms with Gasteiger partial charge in [-0.1, -0.05) is 12.1 Å². The van der Waals surface area contributed by atoms with E-state index in [1.54, 1.807) is 4.90 Å². The number of nitrogens with zero attached hydrogens (tertiary/aromatic N) is 3. The van der Waals surface area contributed by atoms with Crippen LogP contribution in [-0.4, -0.2) is 67.7 Å². The number of likely N-dealkylation sites (tertiary alicyclic amines) is 1. The van der Waals surface area contributed by atoms with E-state index in [9.17, 15) is 9.59 Å². The maximum atomic E-state index is 12.9. The number of methoxy groups -OCH3 is 1. The van der Waals surface area contributed by atoms with Gasteiger partial charge in [0.1, 0.15) is 6.04 Å². The summed E-state index contributed by atoms with van der Waals surface area (Å²) in [6.45, 7) is 7.90. The molecule has 1 atom stereocenters. The zero-order chi connectivity index (χ0) is 18.0. The van der Waals surface area contributed by atoms with Crippen LogP contribution in [0.5, 0.6) is 0 Å². The van der Waals surface area contributed by atoms with E-state index in [0.717, 1.165) is 25.9 Å². The van der Waals surface area contributed by atoms with Gasteiger partial charge in [0.25, 0.3) is 0 Å². The van der Waals surface area contributed by atoms with Crippen molar-refractivity contribution in [2.24, 2.45) is 0 Å². The molecule has 2 saturated heterocycles. The molecule has 1 aromatic carbocycles. The van der Waals surface area contributed by atoms with Crippen LogP contribution in [0.3, 0.4) is 0 Å². The van der Waals surface area contributed by atoms with Crippen molar-refractivity contribution in [2.45, 2.75) is 32.7 Å². The molecule has 0 spiro atoms. The van der Waals surface area contributed by atoms with Crippen molar-refractivity contribution in [3.63, 3.8) is 0 Å². The third kappa shape index (κ3) is 3.43. The molecule has 0 saturated carbocycles. The first-order valence-corrected chi connectivity index (χ1v) is 8.97. The van der Waals surface area contributed by atoms with Crippen LogP contribution in [-0.2, 0) is 9.53 Å². The van der Waals surface area contributed by atoms with Crippen LogP contribution >= 0.6 is 0 Å². The molecule has 136 valence electrons.